The standard InChI is InChI=1S/C19H21Cl2NO5S/c1-3-11-27-15-7-5-14(6-8-15)22(13-19(23)26-4-2)28(24,25)16-9-10-17(20)18(21)12-16/h5-10,12H,3-4,11,13H2,1-2H3. The molecule has 0 unspecified atom stereocenters. The first-order valence-electron chi connectivity index (χ1n) is 8.65. The molecule has 0 saturated heterocycles. The van der Waals surface area contributed by atoms with Crippen LogP contribution in [0.2, 0.25) is 10.0 Å². The molecule has 9 heteroatoms. The zero-order valence-electron chi connectivity index (χ0n) is 15.5. The summed E-state index contributed by atoms with van der Waals surface area (Å²) >= 11 is 11.9. The number of hydrogen-bond acceptors (Lipinski definition) is 5. The van der Waals surface area contributed by atoms with Gasteiger partial charge in [-0.15, -0.1) is 0 Å². The number of carbonyl (C=O) groups is 1. The SMILES string of the molecule is CCCOc1ccc(N(CC(=O)OCC)S(=O)(=O)c2ccc(Cl)c(Cl)c2)cc1. The van der Waals surface area contributed by atoms with Crippen molar-refractivity contribution >= 4 is 44.9 Å². The predicted octanol–water partition coefficient (Wildman–Crippen LogP) is 4.54. The first kappa shape index (κ1) is 22.3. The summed E-state index contributed by atoms with van der Waals surface area (Å²) in [6.45, 7) is 3.84. The van der Waals surface area contributed by atoms with E-state index in [2.05, 4.69) is 0 Å². The fourth-order valence-corrected chi connectivity index (χ4v) is 4.13. The third-order valence-corrected chi connectivity index (χ3v) is 6.16. The summed E-state index contributed by atoms with van der Waals surface area (Å²) in [4.78, 5) is 11.9. The van der Waals surface area contributed by atoms with Crippen molar-refractivity contribution in [1.29, 1.82) is 0 Å². The van der Waals surface area contributed by atoms with Gasteiger partial charge >= 0.3 is 5.97 Å². The van der Waals surface area contributed by atoms with Gasteiger partial charge in [-0.25, -0.2) is 8.42 Å². The summed E-state index contributed by atoms with van der Waals surface area (Å²) in [6, 6.07) is 10.4. The van der Waals surface area contributed by atoms with Gasteiger partial charge in [-0.3, -0.25) is 9.10 Å². The maximum absolute atomic E-state index is 13.2. The van der Waals surface area contributed by atoms with Gasteiger partial charge in [0.05, 0.1) is 33.8 Å². The van der Waals surface area contributed by atoms with Gasteiger partial charge in [-0.1, -0.05) is 30.1 Å². The average Bonchev–Trinajstić information content (AvgIpc) is 2.67. The van der Waals surface area contributed by atoms with Gasteiger partial charge in [0.25, 0.3) is 10.0 Å². The molecule has 2 rings (SSSR count). The molecule has 0 bridgehead atoms. The molecule has 0 fully saturated rings. The van der Waals surface area contributed by atoms with Gasteiger partial charge in [-0.2, -0.15) is 0 Å². The van der Waals surface area contributed by atoms with Crippen molar-refractivity contribution in [2.24, 2.45) is 0 Å². The average molecular weight is 446 g/mol. The van der Waals surface area contributed by atoms with Crippen LogP contribution in [0.1, 0.15) is 20.3 Å². The van der Waals surface area contributed by atoms with Gasteiger partial charge in [-0.05, 0) is 55.8 Å². The molecule has 0 amide bonds. The minimum Gasteiger partial charge on any atom is -0.494 e. The summed E-state index contributed by atoms with van der Waals surface area (Å²) in [5, 5.41) is 0.331. The second kappa shape index (κ2) is 10.0. The molecule has 28 heavy (non-hydrogen) atoms. The van der Waals surface area contributed by atoms with Gasteiger partial charge in [0, 0.05) is 0 Å². The van der Waals surface area contributed by atoms with Crippen LogP contribution in [0.3, 0.4) is 0 Å². The van der Waals surface area contributed by atoms with E-state index in [0.717, 1.165) is 10.7 Å². The van der Waals surface area contributed by atoms with E-state index in [0.29, 0.717) is 18.0 Å². The number of rotatable bonds is 9. The van der Waals surface area contributed by atoms with Crippen LogP contribution in [-0.4, -0.2) is 34.1 Å². The van der Waals surface area contributed by atoms with Gasteiger partial charge in [0.1, 0.15) is 12.3 Å². The molecule has 0 saturated carbocycles. The Bertz CT molecular complexity index is 916. The number of carbonyl (C=O) groups excluding carboxylic acids is 1. The molecule has 2 aromatic rings. The first-order chi connectivity index (χ1) is 13.3. The lowest BCUT2D eigenvalue weighted by Crippen LogP contribution is -2.36. The summed E-state index contributed by atoms with van der Waals surface area (Å²) in [6.07, 6.45) is 0.850. The number of hydrogen-bond donors (Lipinski definition) is 0. The van der Waals surface area contributed by atoms with E-state index >= 15 is 0 Å². The second-order valence-corrected chi connectivity index (χ2v) is 8.41. The van der Waals surface area contributed by atoms with Gasteiger partial charge in [0.15, 0.2) is 0 Å². The number of esters is 1. The van der Waals surface area contributed by atoms with Gasteiger partial charge < -0.3 is 9.47 Å². The largest absolute Gasteiger partial charge is 0.494 e. The van der Waals surface area contributed by atoms with Crippen molar-refractivity contribution in [3.8, 4) is 5.75 Å². The summed E-state index contributed by atoms with van der Waals surface area (Å²) in [5.74, 6) is -0.0638. The van der Waals surface area contributed by atoms with E-state index in [1.54, 1.807) is 31.2 Å². The highest BCUT2D eigenvalue weighted by atomic mass is 35.5. The van der Waals surface area contributed by atoms with Gasteiger partial charge in [0.2, 0.25) is 0 Å². The molecule has 0 heterocycles. The minimum absolute atomic E-state index is 0.0856. The van der Waals surface area contributed by atoms with E-state index in [-0.39, 0.29) is 21.5 Å². The van der Waals surface area contributed by atoms with E-state index in [4.69, 9.17) is 32.7 Å². The lowest BCUT2D eigenvalue weighted by Gasteiger charge is -2.24. The van der Waals surface area contributed by atoms with Crippen molar-refractivity contribution in [3.63, 3.8) is 0 Å². The lowest BCUT2D eigenvalue weighted by molar-refractivity contribution is -0.141. The Morgan fingerprint density at radius 1 is 1.04 bits per heavy atom. The molecule has 0 atom stereocenters. The van der Waals surface area contributed by atoms with Crippen molar-refractivity contribution in [2.75, 3.05) is 24.1 Å². The quantitative estimate of drug-likeness (QED) is 0.529. The van der Waals surface area contributed by atoms with Crippen LogP contribution in [0, 0.1) is 0 Å². The van der Waals surface area contributed by atoms with Crippen LogP contribution in [0.15, 0.2) is 47.4 Å². The molecular formula is C19H21Cl2NO5S. The van der Waals surface area contributed by atoms with Crippen LogP contribution >= 0.6 is 23.2 Å². The molecule has 0 aliphatic carbocycles. The normalized spacial score (nSPS) is 11.1. The molecule has 0 aliphatic heterocycles. The number of benzene rings is 2. The van der Waals surface area contributed by atoms with Crippen molar-refractivity contribution in [1.82, 2.24) is 0 Å². The third kappa shape index (κ3) is 5.53. The molecule has 0 aromatic heterocycles. The molecule has 2 aromatic carbocycles. The van der Waals surface area contributed by atoms with E-state index in [1.165, 1.54) is 18.2 Å². The smallest absolute Gasteiger partial charge is 0.326 e. The van der Waals surface area contributed by atoms with Crippen LogP contribution in [-0.2, 0) is 19.6 Å². The maximum atomic E-state index is 13.2. The minimum atomic E-state index is -4.09. The Morgan fingerprint density at radius 3 is 2.29 bits per heavy atom. The van der Waals surface area contributed by atoms with E-state index in [1.807, 2.05) is 6.92 Å². The topological polar surface area (TPSA) is 72.9 Å². The van der Waals surface area contributed by atoms with Crippen LogP contribution in [0.5, 0.6) is 5.75 Å². The fraction of sp³-hybridized carbons (Fsp3) is 0.316. The summed E-state index contributed by atoms with van der Waals surface area (Å²) < 4.78 is 37.8. The highest BCUT2D eigenvalue weighted by Crippen LogP contribution is 2.30. The Morgan fingerprint density at radius 2 is 1.71 bits per heavy atom. The zero-order chi connectivity index (χ0) is 20.7. The number of anilines is 1. The monoisotopic (exact) mass is 445 g/mol. The molecule has 0 spiro atoms. The molecule has 0 N–H and O–H groups in total. The Balaban J connectivity index is 2.43. The van der Waals surface area contributed by atoms with Crippen molar-refractivity contribution in [2.45, 2.75) is 25.2 Å². The summed E-state index contributed by atoms with van der Waals surface area (Å²) in [7, 11) is -4.09. The van der Waals surface area contributed by atoms with Crippen LogP contribution in [0.25, 0.3) is 0 Å². The van der Waals surface area contributed by atoms with Crippen LogP contribution in [0.4, 0.5) is 5.69 Å². The highest BCUT2D eigenvalue weighted by molar-refractivity contribution is 7.92. The Hall–Kier alpha value is -1.96. The summed E-state index contributed by atoms with van der Waals surface area (Å²) in [5.41, 5.74) is 0.294. The number of sulfonamides is 1. The maximum Gasteiger partial charge on any atom is 0.326 e. The van der Waals surface area contributed by atoms with Crippen LogP contribution < -0.4 is 9.04 Å². The predicted molar refractivity (Wildman–Crippen MR) is 110 cm³/mol. The fourth-order valence-electron chi connectivity index (χ4n) is 2.33. The Kier molecular flexibility index (Phi) is 7.98. The number of halogens is 2. The van der Waals surface area contributed by atoms with E-state index in [9.17, 15) is 13.2 Å². The molecule has 0 aliphatic rings. The van der Waals surface area contributed by atoms with Crippen molar-refractivity contribution in [3.05, 3.63) is 52.5 Å². The molecular weight excluding hydrogens is 425 g/mol. The number of nitrogens with zero attached hydrogens (tertiary/aromatic N) is 1. The number of ether oxygens (including phenoxy) is 2. The highest BCUT2D eigenvalue weighted by Gasteiger charge is 2.28. The lowest BCUT2D eigenvalue weighted by atomic mass is 10.3. The molecule has 6 nitrogen and oxygen atoms in total. The van der Waals surface area contributed by atoms with E-state index < -0.39 is 22.5 Å². The first-order valence-corrected chi connectivity index (χ1v) is 10.9. The Labute approximate surface area is 175 Å². The second-order valence-electron chi connectivity index (χ2n) is 5.73. The van der Waals surface area contributed by atoms with Crippen molar-refractivity contribution < 1.29 is 22.7 Å². The molecule has 152 valence electrons. The zero-order valence-corrected chi connectivity index (χ0v) is 17.9. The third-order valence-electron chi connectivity index (χ3n) is 3.65. The molecule has 0 radical (unpaired) electrons.